The zero-order chi connectivity index (χ0) is 28.3. The van der Waals surface area contributed by atoms with E-state index in [1.165, 1.54) is 16.8 Å². The van der Waals surface area contributed by atoms with E-state index in [0.717, 1.165) is 19.4 Å². The number of ether oxygens (including phenoxy) is 2. The average Bonchev–Trinajstić information content (AvgIpc) is 3.69. The fraction of sp³-hybridized carbons (Fsp3) is 0.241. The maximum absolute atomic E-state index is 13.5. The molecule has 1 aliphatic rings. The number of hydrogen-bond donors (Lipinski definition) is 1. The lowest BCUT2D eigenvalue weighted by Crippen LogP contribution is -2.29. The molecule has 0 bridgehead atoms. The molecule has 0 aliphatic carbocycles. The van der Waals surface area contributed by atoms with Gasteiger partial charge in [0.1, 0.15) is 28.5 Å². The SMILES string of the molecule is CN1CCC[C@@H]1Cn1cc(NC(=O)c2cnn3cccnc23)c(-c2cc(Oc3ccccc3)ccc2OC(F)F)n1. The van der Waals surface area contributed by atoms with E-state index in [1.54, 1.807) is 53.6 Å². The van der Waals surface area contributed by atoms with Gasteiger partial charge < -0.3 is 19.7 Å². The molecule has 1 aliphatic heterocycles. The Morgan fingerprint density at radius 3 is 2.78 bits per heavy atom. The maximum Gasteiger partial charge on any atom is 0.387 e. The second-order valence-electron chi connectivity index (χ2n) is 9.74. The van der Waals surface area contributed by atoms with E-state index in [1.807, 2.05) is 18.2 Å². The summed E-state index contributed by atoms with van der Waals surface area (Å²) in [4.78, 5) is 19.9. The summed E-state index contributed by atoms with van der Waals surface area (Å²) in [5.41, 5.74) is 1.46. The van der Waals surface area contributed by atoms with Crippen LogP contribution in [0, 0.1) is 0 Å². The summed E-state index contributed by atoms with van der Waals surface area (Å²) in [5, 5.41) is 11.8. The molecule has 1 N–H and O–H groups in total. The lowest BCUT2D eigenvalue weighted by molar-refractivity contribution is -0.0494. The summed E-state index contributed by atoms with van der Waals surface area (Å²) < 4.78 is 41.0. The van der Waals surface area contributed by atoms with Gasteiger partial charge in [-0.25, -0.2) is 9.50 Å². The zero-order valence-corrected chi connectivity index (χ0v) is 22.2. The molecule has 5 aromatic rings. The van der Waals surface area contributed by atoms with Crippen molar-refractivity contribution >= 4 is 17.2 Å². The standard InChI is InChI=1S/C29H27F2N7O3/c1-36-13-5-7-19(36)17-37-18-24(34-28(39)23-16-33-38-14-6-12-32-27(23)38)26(35-37)22-15-21(10-11-25(22)41-29(30)31)40-20-8-3-2-4-9-20/h2-4,6,8-12,14-16,18-19,29H,5,7,13,17H2,1H3,(H,34,39)/t19-/m1/s1. The number of hydrogen-bond acceptors (Lipinski definition) is 7. The molecular weight excluding hydrogens is 532 g/mol. The molecule has 0 unspecified atom stereocenters. The van der Waals surface area contributed by atoms with Crippen molar-refractivity contribution in [2.75, 3.05) is 18.9 Å². The first-order valence-corrected chi connectivity index (χ1v) is 13.1. The van der Waals surface area contributed by atoms with E-state index in [0.29, 0.717) is 29.4 Å². The number of para-hydroxylation sites is 1. The van der Waals surface area contributed by atoms with E-state index in [-0.39, 0.29) is 28.6 Å². The van der Waals surface area contributed by atoms with Gasteiger partial charge in [-0.05, 0) is 62.8 Å². The van der Waals surface area contributed by atoms with Crippen LogP contribution in [-0.4, -0.2) is 61.4 Å². The predicted octanol–water partition coefficient (Wildman–Crippen LogP) is 5.33. The van der Waals surface area contributed by atoms with Crippen LogP contribution in [0.4, 0.5) is 14.5 Å². The molecule has 1 fully saturated rings. The topological polar surface area (TPSA) is 98.8 Å². The Morgan fingerprint density at radius 2 is 2.00 bits per heavy atom. The fourth-order valence-electron chi connectivity index (χ4n) is 4.99. The Morgan fingerprint density at radius 1 is 1.15 bits per heavy atom. The number of rotatable bonds is 9. The van der Waals surface area contributed by atoms with Gasteiger partial charge in [-0.15, -0.1) is 0 Å². The van der Waals surface area contributed by atoms with Gasteiger partial charge in [-0.2, -0.15) is 19.0 Å². The Labute approximate surface area is 234 Å². The fourth-order valence-corrected chi connectivity index (χ4v) is 4.99. The van der Waals surface area contributed by atoms with E-state index < -0.39 is 12.5 Å². The first kappa shape index (κ1) is 26.4. The number of likely N-dealkylation sites (tertiary alicyclic amines) is 1. The summed E-state index contributed by atoms with van der Waals surface area (Å²) in [5.74, 6) is 0.397. The summed E-state index contributed by atoms with van der Waals surface area (Å²) in [6, 6.07) is 15.6. The van der Waals surface area contributed by atoms with Gasteiger partial charge in [-0.1, -0.05) is 18.2 Å². The highest BCUT2D eigenvalue weighted by Crippen LogP contribution is 2.39. The van der Waals surface area contributed by atoms with Crippen LogP contribution in [-0.2, 0) is 6.54 Å². The number of fused-ring (bicyclic) bond motifs is 1. The zero-order valence-electron chi connectivity index (χ0n) is 22.2. The van der Waals surface area contributed by atoms with Crippen LogP contribution in [0.25, 0.3) is 16.9 Å². The van der Waals surface area contributed by atoms with Crippen molar-refractivity contribution in [1.29, 1.82) is 0 Å². The molecule has 210 valence electrons. The molecule has 1 saturated heterocycles. The molecule has 0 saturated carbocycles. The van der Waals surface area contributed by atoms with Crippen LogP contribution in [0.15, 0.2) is 79.4 Å². The molecule has 6 rings (SSSR count). The molecular formula is C29H27F2N7O3. The lowest BCUT2D eigenvalue weighted by atomic mass is 10.1. The molecule has 2 aromatic carbocycles. The minimum Gasteiger partial charge on any atom is -0.457 e. The summed E-state index contributed by atoms with van der Waals surface area (Å²) >= 11 is 0. The van der Waals surface area contributed by atoms with Crippen LogP contribution in [0.5, 0.6) is 17.2 Å². The minimum absolute atomic E-state index is 0.100. The highest BCUT2D eigenvalue weighted by molar-refractivity contribution is 6.09. The number of aromatic nitrogens is 5. The number of likely N-dealkylation sites (N-methyl/N-ethyl adjacent to an activating group) is 1. The predicted molar refractivity (Wildman–Crippen MR) is 147 cm³/mol. The Hall–Kier alpha value is -4.84. The number of carbonyl (C=O) groups excluding carboxylic acids is 1. The average molecular weight is 560 g/mol. The lowest BCUT2D eigenvalue weighted by Gasteiger charge is -2.19. The van der Waals surface area contributed by atoms with Crippen molar-refractivity contribution in [3.63, 3.8) is 0 Å². The number of amides is 1. The molecule has 1 atom stereocenters. The largest absolute Gasteiger partial charge is 0.457 e. The summed E-state index contributed by atoms with van der Waals surface area (Å²) in [6.45, 7) is -1.52. The van der Waals surface area contributed by atoms with Gasteiger partial charge in [0, 0.05) is 24.6 Å². The van der Waals surface area contributed by atoms with Crippen molar-refractivity contribution in [2.24, 2.45) is 0 Å². The van der Waals surface area contributed by atoms with E-state index in [9.17, 15) is 13.6 Å². The smallest absolute Gasteiger partial charge is 0.387 e. The van der Waals surface area contributed by atoms with Crippen molar-refractivity contribution in [2.45, 2.75) is 32.0 Å². The number of alkyl halides is 2. The molecule has 0 spiro atoms. The Balaban J connectivity index is 1.41. The van der Waals surface area contributed by atoms with Gasteiger partial charge in [0.25, 0.3) is 5.91 Å². The first-order chi connectivity index (χ1) is 19.9. The molecule has 0 radical (unpaired) electrons. The van der Waals surface area contributed by atoms with Crippen LogP contribution in [0.1, 0.15) is 23.2 Å². The number of carbonyl (C=O) groups is 1. The van der Waals surface area contributed by atoms with Gasteiger partial charge >= 0.3 is 6.61 Å². The van der Waals surface area contributed by atoms with Crippen LogP contribution in [0.2, 0.25) is 0 Å². The molecule has 4 heterocycles. The van der Waals surface area contributed by atoms with Crippen molar-refractivity contribution in [1.82, 2.24) is 29.3 Å². The monoisotopic (exact) mass is 559 g/mol. The third-order valence-electron chi connectivity index (χ3n) is 7.00. The number of nitrogens with one attached hydrogen (secondary N) is 1. The van der Waals surface area contributed by atoms with Crippen LogP contribution < -0.4 is 14.8 Å². The van der Waals surface area contributed by atoms with Crippen molar-refractivity contribution < 1.29 is 23.0 Å². The minimum atomic E-state index is -3.06. The Bertz CT molecular complexity index is 1670. The van der Waals surface area contributed by atoms with Gasteiger partial charge in [0.05, 0.1) is 24.0 Å². The molecule has 1 amide bonds. The molecule has 10 nitrogen and oxygen atoms in total. The number of halogens is 2. The molecule has 12 heteroatoms. The maximum atomic E-state index is 13.5. The van der Waals surface area contributed by atoms with E-state index in [2.05, 4.69) is 27.3 Å². The molecule has 41 heavy (non-hydrogen) atoms. The van der Waals surface area contributed by atoms with Gasteiger partial charge in [0.15, 0.2) is 5.65 Å². The quantitative estimate of drug-likeness (QED) is 0.261. The first-order valence-electron chi connectivity index (χ1n) is 13.1. The summed E-state index contributed by atoms with van der Waals surface area (Å²) in [6.07, 6.45) is 8.46. The van der Waals surface area contributed by atoms with Gasteiger partial charge in [-0.3, -0.25) is 9.48 Å². The van der Waals surface area contributed by atoms with E-state index in [4.69, 9.17) is 14.6 Å². The highest BCUT2D eigenvalue weighted by atomic mass is 19.3. The third-order valence-corrected chi connectivity index (χ3v) is 7.00. The van der Waals surface area contributed by atoms with Crippen LogP contribution >= 0.6 is 0 Å². The van der Waals surface area contributed by atoms with Crippen molar-refractivity contribution in [3.05, 3.63) is 84.9 Å². The highest BCUT2D eigenvalue weighted by Gasteiger charge is 2.25. The third kappa shape index (κ3) is 5.73. The summed E-state index contributed by atoms with van der Waals surface area (Å²) in [7, 11) is 2.06. The Kier molecular flexibility index (Phi) is 7.30. The number of nitrogens with zero attached hydrogens (tertiary/aromatic N) is 6. The van der Waals surface area contributed by atoms with Gasteiger partial charge in [0.2, 0.25) is 0 Å². The normalized spacial score (nSPS) is 15.5. The molecule has 3 aromatic heterocycles. The van der Waals surface area contributed by atoms with E-state index >= 15 is 0 Å². The number of anilines is 1. The second kappa shape index (κ2) is 11.3. The van der Waals surface area contributed by atoms with Crippen LogP contribution in [0.3, 0.4) is 0 Å². The number of benzene rings is 2. The van der Waals surface area contributed by atoms with Crippen molar-refractivity contribution in [3.8, 4) is 28.5 Å². The second-order valence-corrected chi connectivity index (χ2v) is 9.74.